The van der Waals surface area contributed by atoms with Crippen LogP contribution in [0.1, 0.15) is 23.2 Å². The highest BCUT2D eigenvalue weighted by atomic mass is 16.4. The van der Waals surface area contributed by atoms with Gasteiger partial charge in [0, 0.05) is 12.8 Å². The molecule has 1 aromatic carbocycles. The summed E-state index contributed by atoms with van der Waals surface area (Å²) in [6, 6.07) is 3.60. The highest BCUT2D eigenvalue weighted by Gasteiger charge is 2.30. The lowest BCUT2D eigenvalue weighted by Crippen LogP contribution is -2.28. The molecule has 2 N–H and O–H groups in total. The number of carbonyl (C=O) groups is 3. The van der Waals surface area contributed by atoms with Crippen LogP contribution in [0.25, 0.3) is 0 Å². The Bertz CT molecular complexity index is 507. The minimum absolute atomic E-state index is 0.127. The third-order valence-corrected chi connectivity index (χ3v) is 2.52. The van der Waals surface area contributed by atoms with E-state index in [4.69, 9.17) is 5.11 Å². The van der Waals surface area contributed by atoms with E-state index in [0.717, 1.165) is 17.0 Å². The standard InChI is InChI=1S/C11H9NO5/c13-8-2-1-6(5-7(8)11(16)17)12-9(14)3-4-10(12)15/h1-2,5,13H,3-4H2,(H,16,17). The van der Waals surface area contributed by atoms with Crippen LogP contribution in [0.3, 0.4) is 0 Å². The predicted octanol–water partition coefficient (Wildman–Crippen LogP) is 0.744. The normalized spacial score (nSPS) is 15.4. The van der Waals surface area contributed by atoms with Gasteiger partial charge in [-0.3, -0.25) is 14.5 Å². The van der Waals surface area contributed by atoms with Gasteiger partial charge in [0.2, 0.25) is 11.8 Å². The number of carboxylic acids is 1. The number of hydrogen-bond donors (Lipinski definition) is 2. The van der Waals surface area contributed by atoms with Crippen molar-refractivity contribution in [2.45, 2.75) is 12.8 Å². The summed E-state index contributed by atoms with van der Waals surface area (Å²) >= 11 is 0. The van der Waals surface area contributed by atoms with Gasteiger partial charge in [-0.1, -0.05) is 0 Å². The summed E-state index contributed by atoms with van der Waals surface area (Å²) in [5.74, 6) is -2.45. The van der Waals surface area contributed by atoms with Crippen LogP contribution in [0.5, 0.6) is 5.75 Å². The summed E-state index contributed by atoms with van der Waals surface area (Å²) in [6.07, 6.45) is 0.254. The quantitative estimate of drug-likeness (QED) is 0.737. The first-order valence-electron chi connectivity index (χ1n) is 4.93. The Morgan fingerprint density at radius 3 is 2.29 bits per heavy atom. The molecule has 1 fully saturated rings. The molecular weight excluding hydrogens is 226 g/mol. The van der Waals surface area contributed by atoms with Gasteiger partial charge in [0.25, 0.3) is 0 Å². The molecule has 0 aliphatic carbocycles. The van der Waals surface area contributed by atoms with Gasteiger partial charge in [0.15, 0.2) is 0 Å². The number of aromatic hydroxyl groups is 1. The fourth-order valence-electron chi connectivity index (χ4n) is 1.70. The highest BCUT2D eigenvalue weighted by molar-refractivity contribution is 6.20. The van der Waals surface area contributed by atoms with Crippen molar-refractivity contribution in [3.05, 3.63) is 23.8 Å². The average molecular weight is 235 g/mol. The first-order chi connectivity index (χ1) is 8.00. The van der Waals surface area contributed by atoms with Crippen molar-refractivity contribution in [3.8, 4) is 5.75 Å². The summed E-state index contributed by atoms with van der Waals surface area (Å²) in [5.41, 5.74) is -0.164. The maximum atomic E-state index is 11.4. The Labute approximate surface area is 96.1 Å². The monoisotopic (exact) mass is 235 g/mol. The number of imide groups is 1. The van der Waals surface area contributed by atoms with Crippen molar-refractivity contribution < 1.29 is 24.6 Å². The molecule has 0 atom stereocenters. The molecule has 0 unspecified atom stereocenters. The molecule has 1 heterocycles. The van der Waals surface area contributed by atoms with Crippen molar-refractivity contribution in [2.75, 3.05) is 4.90 Å². The first-order valence-corrected chi connectivity index (χ1v) is 4.93. The van der Waals surface area contributed by atoms with Gasteiger partial charge in [-0.2, -0.15) is 0 Å². The van der Waals surface area contributed by atoms with E-state index >= 15 is 0 Å². The number of carbonyl (C=O) groups excluding carboxylic acids is 2. The number of carboxylic acid groups (broad SMARTS) is 1. The Balaban J connectivity index is 2.46. The topological polar surface area (TPSA) is 94.9 Å². The van der Waals surface area contributed by atoms with Gasteiger partial charge in [-0.05, 0) is 18.2 Å². The van der Waals surface area contributed by atoms with E-state index in [0.29, 0.717) is 0 Å². The van der Waals surface area contributed by atoms with E-state index in [1.807, 2.05) is 0 Å². The van der Waals surface area contributed by atoms with E-state index in [1.165, 1.54) is 6.07 Å². The second kappa shape index (κ2) is 3.89. The van der Waals surface area contributed by atoms with Gasteiger partial charge in [-0.25, -0.2) is 4.79 Å². The van der Waals surface area contributed by atoms with Crippen molar-refractivity contribution in [3.63, 3.8) is 0 Å². The lowest BCUT2D eigenvalue weighted by molar-refractivity contribution is -0.121. The number of nitrogens with zero attached hydrogens (tertiary/aromatic N) is 1. The van der Waals surface area contributed by atoms with Gasteiger partial charge >= 0.3 is 5.97 Å². The summed E-state index contributed by atoms with van der Waals surface area (Å²) in [5, 5.41) is 18.1. The zero-order valence-electron chi connectivity index (χ0n) is 8.71. The largest absolute Gasteiger partial charge is 0.507 e. The first kappa shape index (κ1) is 11.1. The molecular formula is C11H9NO5. The van der Waals surface area contributed by atoms with E-state index < -0.39 is 11.7 Å². The zero-order valence-corrected chi connectivity index (χ0v) is 8.71. The molecule has 6 nitrogen and oxygen atoms in total. The van der Waals surface area contributed by atoms with Gasteiger partial charge in [0.1, 0.15) is 11.3 Å². The third-order valence-electron chi connectivity index (χ3n) is 2.52. The lowest BCUT2D eigenvalue weighted by Gasteiger charge is -2.14. The molecule has 1 saturated heterocycles. The Hall–Kier alpha value is -2.37. The number of benzene rings is 1. The molecule has 88 valence electrons. The zero-order chi connectivity index (χ0) is 12.6. The number of phenols is 1. The van der Waals surface area contributed by atoms with E-state index in [-0.39, 0.29) is 35.9 Å². The Morgan fingerprint density at radius 1 is 1.18 bits per heavy atom. The van der Waals surface area contributed by atoms with Gasteiger partial charge in [-0.15, -0.1) is 0 Å². The van der Waals surface area contributed by atoms with Gasteiger partial charge < -0.3 is 10.2 Å². The molecule has 0 aromatic heterocycles. The van der Waals surface area contributed by atoms with Crippen LogP contribution < -0.4 is 4.90 Å². The van der Waals surface area contributed by atoms with Crippen LogP contribution in [0.15, 0.2) is 18.2 Å². The highest BCUT2D eigenvalue weighted by Crippen LogP contribution is 2.27. The van der Waals surface area contributed by atoms with Crippen LogP contribution in [-0.2, 0) is 9.59 Å². The molecule has 1 aliphatic rings. The molecule has 1 aromatic rings. The predicted molar refractivity (Wildman–Crippen MR) is 56.8 cm³/mol. The maximum absolute atomic E-state index is 11.4. The van der Waals surface area contributed by atoms with Crippen LogP contribution in [0, 0.1) is 0 Å². The molecule has 0 bridgehead atoms. The van der Waals surface area contributed by atoms with E-state index in [1.54, 1.807) is 0 Å². The van der Waals surface area contributed by atoms with Crippen molar-refractivity contribution in [1.82, 2.24) is 0 Å². The van der Waals surface area contributed by atoms with Crippen LogP contribution >= 0.6 is 0 Å². The Morgan fingerprint density at radius 2 is 1.76 bits per heavy atom. The summed E-state index contributed by atoms with van der Waals surface area (Å²) in [4.78, 5) is 34.6. The minimum Gasteiger partial charge on any atom is -0.507 e. The summed E-state index contributed by atoms with van der Waals surface area (Å²) in [7, 11) is 0. The molecule has 0 saturated carbocycles. The lowest BCUT2D eigenvalue weighted by atomic mass is 10.1. The average Bonchev–Trinajstić information content (AvgIpc) is 2.59. The third kappa shape index (κ3) is 1.84. The fourth-order valence-corrected chi connectivity index (χ4v) is 1.70. The molecule has 0 radical (unpaired) electrons. The molecule has 6 heteroatoms. The molecule has 0 spiro atoms. The molecule has 2 rings (SSSR count). The second-order valence-corrected chi connectivity index (χ2v) is 3.63. The molecule has 17 heavy (non-hydrogen) atoms. The second-order valence-electron chi connectivity index (χ2n) is 3.63. The van der Waals surface area contributed by atoms with Crippen molar-refractivity contribution in [2.24, 2.45) is 0 Å². The van der Waals surface area contributed by atoms with Crippen molar-refractivity contribution in [1.29, 1.82) is 0 Å². The smallest absolute Gasteiger partial charge is 0.339 e. The minimum atomic E-state index is -1.32. The number of aromatic carboxylic acids is 1. The van der Waals surface area contributed by atoms with Crippen molar-refractivity contribution >= 4 is 23.5 Å². The fraction of sp³-hybridized carbons (Fsp3) is 0.182. The Kier molecular flexibility index (Phi) is 2.55. The van der Waals surface area contributed by atoms with E-state index in [9.17, 15) is 19.5 Å². The number of amides is 2. The summed E-state index contributed by atoms with van der Waals surface area (Å²) < 4.78 is 0. The number of rotatable bonds is 2. The summed E-state index contributed by atoms with van der Waals surface area (Å²) in [6.45, 7) is 0. The van der Waals surface area contributed by atoms with Crippen LogP contribution in [0.4, 0.5) is 5.69 Å². The van der Waals surface area contributed by atoms with Crippen LogP contribution in [0.2, 0.25) is 0 Å². The SMILES string of the molecule is O=C(O)c1cc(N2C(=O)CCC2=O)ccc1O. The maximum Gasteiger partial charge on any atom is 0.339 e. The van der Waals surface area contributed by atoms with Gasteiger partial charge in [0.05, 0.1) is 5.69 Å². The van der Waals surface area contributed by atoms with E-state index in [2.05, 4.69) is 0 Å². The number of anilines is 1. The number of hydrogen-bond acceptors (Lipinski definition) is 4. The molecule has 2 amide bonds. The molecule has 1 aliphatic heterocycles. The van der Waals surface area contributed by atoms with Crippen LogP contribution in [-0.4, -0.2) is 28.0 Å².